The second-order valence-electron chi connectivity index (χ2n) is 7.62. The van der Waals surface area contributed by atoms with Crippen molar-refractivity contribution in [1.82, 2.24) is 10.2 Å². The monoisotopic (exact) mass is 331 g/mol. The molecule has 1 atom stereocenters. The molecule has 3 N–H and O–H groups in total. The van der Waals surface area contributed by atoms with Crippen LogP contribution in [0.4, 0.5) is 0 Å². The number of likely N-dealkylation sites (tertiary alicyclic amines) is 1. The van der Waals surface area contributed by atoms with Crippen LogP contribution in [0.1, 0.15) is 49.5 Å². The molecule has 1 fully saturated rings. The zero-order chi connectivity index (χ0) is 17.7. The van der Waals surface area contributed by atoms with Crippen molar-refractivity contribution >= 4 is 11.8 Å². The van der Waals surface area contributed by atoms with Crippen molar-refractivity contribution in [3.05, 3.63) is 35.4 Å². The fraction of sp³-hybridized carbons (Fsp3) is 0.579. The smallest absolute Gasteiger partial charge is 0.253 e. The molecule has 0 radical (unpaired) electrons. The highest BCUT2D eigenvalue weighted by Gasteiger charge is 2.26. The third kappa shape index (κ3) is 4.81. The Morgan fingerprint density at radius 3 is 2.50 bits per heavy atom. The minimum Gasteiger partial charge on any atom is -0.355 e. The van der Waals surface area contributed by atoms with Crippen LogP contribution in [0.3, 0.4) is 0 Å². The Morgan fingerprint density at radius 2 is 1.92 bits per heavy atom. The summed E-state index contributed by atoms with van der Waals surface area (Å²) in [6.07, 6.45) is 2.02. The summed E-state index contributed by atoms with van der Waals surface area (Å²) in [6, 6.07) is 7.49. The molecule has 2 rings (SSSR count). The SMILES string of the molecule is CC(C)(C)C(=O)NCC1CCCN(C(=O)c2ccc(CN)cc2)C1. The van der Waals surface area contributed by atoms with E-state index >= 15 is 0 Å². The molecule has 0 aromatic heterocycles. The van der Waals surface area contributed by atoms with Crippen molar-refractivity contribution in [2.45, 2.75) is 40.2 Å². The van der Waals surface area contributed by atoms with Gasteiger partial charge < -0.3 is 16.0 Å². The number of amides is 2. The largest absolute Gasteiger partial charge is 0.355 e. The van der Waals surface area contributed by atoms with E-state index in [1.54, 1.807) is 0 Å². The van der Waals surface area contributed by atoms with Gasteiger partial charge >= 0.3 is 0 Å². The lowest BCUT2D eigenvalue weighted by molar-refractivity contribution is -0.128. The average molecular weight is 331 g/mol. The van der Waals surface area contributed by atoms with E-state index in [1.807, 2.05) is 49.9 Å². The molecule has 1 saturated heterocycles. The van der Waals surface area contributed by atoms with Gasteiger partial charge in [0.1, 0.15) is 0 Å². The van der Waals surface area contributed by atoms with Crippen LogP contribution < -0.4 is 11.1 Å². The Bertz CT molecular complexity index is 575. The Balaban J connectivity index is 1.92. The van der Waals surface area contributed by atoms with Crippen LogP contribution in [0.5, 0.6) is 0 Å². The Morgan fingerprint density at radius 1 is 1.25 bits per heavy atom. The quantitative estimate of drug-likeness (QED) is 0.888. The average Bonchev–Trinajstić information content (AvgIpc) is 2.58. The van der Waals surface area contributed by atoms with E-state index in [2.05, 4.69) is 5.32 Å². The summed E-state index contributed by atoms with van der Waals surface area (Å²) in [4.78, 5) is 26.5. The first-order chi connectivity index (χ1) is 11.3. The molecule has 2 amide bonds. The van der Waals surface area contributed by atoms with Crippen LogP contribution in [0, 0.1) is 11.3 Å². The first-order valence-electron chi connectivity index (χ1n) is 8.68. The summed E-state index contributed by atoms with van der Waals surface area (Å²) in [5.41, 5.74) is 6.94. The fourth-order valence-electron chi connectivity index (χ4n) is 2.88. The topological polar surface area (TPSA) is 75.4 Å². The molecule has 0 aliphatic carbocycles. The summed E-state index contributed by atoms with van der Waals surface area (Å²) < 4.78 is 0. The minimum absolute atomic E-state index is 0.0586. The minimum atomic E-state index is -0.380. The van der Waals surface area contributed by atoms with Gasteiger partial charge in [0.2, 0.25) is 5.91 Å². The second-order valence-corrected chi connectivity index (χ2v) is 7.62. The summed E-state index contributed by atoms with van der Waals surface area (Å²) in [5, 5.41) is 3.02. The van der Waals surface area contributed by atoms with Crippen molar-refractivity contribution in [3.63, 3.8) is 0 Å². The number of rotatable bonds is 4. The molecule has 1 aromatic rings. The first kappa shape index (κ1) is 18.5. The van der Waals surface area contributed by atoms with Crippen molar-refractivity contribution in [2.75, 3.05) is 19.6 Å². The van der Waals surface area contributed by atoms with Gasteiger partial charge in [0, 0.05) is 37.2 Å². The third-order valence-electron chi connectivity index (χ3n) is 4.48. The highest BCUT2D eigenvalue weighted by atomic mass is 16.2. The Kier molecular flexibility index (Phi) is 5.99. The first-order valence-corrected chi connectivity index (χ1v) is 8.68. The normalized spacial score (nSPS) is 18.3. The van der Waals surface area contributed by atoms with E-state index in [4.69, 9.17) is 5.73 Å². The molecule has 1 unspecified atom stereocenters. The zero-order valence-electron chi connectivity index (χ0n) is 15.0. The van der Waals surface area contributed by atoms with E-state index in [0.717, 1.165) is 24.9 Å². The van der Waals surface area contributed by atoms with Crippen molar-refractivity contribution in [3.8, 4) is 0 Å². The van der Waals surface area contributed by atoms with Gasteiger partial charge in [-0.1, -0.05) is 32.9 Å². The molecule has 132 valence electrons. The van der Waals surface area contributed by atoms with Gasteiger partial charge in [-0.2, -0.15) is 0 Å². The van der Waals surface area contributed by atoms with Gasteiger partial charge in [-0.25, -0.2) is 0 Å². The van der Waals surface area contributed by atoms with Crippen molar-refractivity contribution in [1.29, 1.82) is 0 Å². The zero-order valence-corrected chi connectivity index (χ0v) is 15.0. The molecule has 1 aromatic carbocycles. The lowest BCUT2D eigenvalue weighted by Gasteiger charge is -2.33. The predicted octanol–water partition coefficient (Wildman–Crippen LogP) is 2.16. The fourth-order valence-corrected chi connectivity index (χ4v) is 2.88. The summed E-state index contributed by atoms with van der Waals surface area (Å²) >= 11 is 0. The summed E-state index contributed by atoms with van der Waals surface area (Å²) in [5.74, 6) is 0.436. The number of hydrogen-bond acceptors (Lipinski definition) is 3. The summed E-state index contributed by atoms with van der Waals surface area (Å²) in [7, 11) is 0. The number of nitrogens with two attached hydrogens (primary N) is 1. The number of piperidine rings is 1. The second kappa shape index (κ2) is 7.79. The van der Waals surface area contributed by atoms with Gasteiger partial charge in [-0.05, 0) is 36.5 Å². The predicted molar refractivity (Wildman–Crippen MR) is 95.4 cm³/mol. The van der Waals surface area contributed by atoms with Crippen LogP contribution >= 0.6 is 0 Å². The number of benzene rings is 1. The number of carbonyl (C=O) groups excluding carboxylic acids is 2. The molecule has 1 heterocycles. The van der Waals surface area contributed by atoms with Crippen LogP contribution in [-0.4, -0.2) is 36.3 Å². The molecule has 0 bridgehead atoms. The van der Waals surface area contributed by atoms with Gasteiger partial charge in [0.25, 0.3) is 5.91 Å². The van der Waals surface area contributed by atoms with Crippen molar-refractivity contribution < 1.29 is 9.59 Å². The highest BCUT2D eigenvalue weighted by Crippen LogP contribution is 2.19. The molecule has 5 nitrogen and oxygen atoms in total. The number of nitrogens with zero attached hydrogens (tertiary/aromatic N) is 1. The van der Waals surface area contributed by atoms with E-state index in [1.165, 1.54) is 0 Å². The molecular formula is C19H29N3O2. The maximum Gasteiger partial charge on any atom is 0.253 e. The molecule has 5 heteroatoms. The number of hydrogen-bond donors (Lipinski definition) is 2. The van der Waals surface area contributed by atoms with Crippen LogP contribution in [-0.2, 0) is 11.3 Å². The van der Waals surface area contributed by atoms with Gasteiger partial charge in [0.15, 0.2) is 0 Å². The Hall–Kier alpha value is -1.88. The maximum atomic E-state index is 12.6. The third-order valence-corrected chi connectivity index (χ3v) is 4.48. The number of nitrogens with one attached hydrogen (secondary N) is 1. The maximum absolute atomic E-state index is 12.6. The van der Waals surface area contributed by atoms with Gasteiger partial charge in [0.05, 0.1) is 0 Å². The molecule has 1 aliphatic heterocycles. The lowest BCUT2D eigenvalue weighted by Crippen LogP contribution is -2.45. The number of carbonyl (C=O) groups is 2. The molecule has 1 aliphatic rings. The van der Waals surface area contributed by atoms with E-state index in [-0.39, 0.29) is 17.2 Å². The lowest BCUT2D eigenvalue weighted by atomic mass is 9.93. The van der Waals surface area contributed by atoms with Crippen LogP contribution in [0.25, 0.3) is 0 Å². The van der Waals surface area contributed by atoms with Crippen molar-refractivity contribution in [2.24, 2.45) is 17.1 Å². The van der Waals surface area contributed by atoms with Crippen LogP contribution in [0.2, 0.25) is 0 Å². The molecular weight excluding hydrogens is 302 g/mol. The Labute approximate surface area is 144 Å². The molecule has 24 heavy (non-hydrogen) atoms. The molecule has 0 spiro atoms. The highest BCUT2D eigenvalue weighted by molar-refractivity contribution is 5.94. The van der Waals surface area contributed by atoms with E-state index < -0.39 is 0 Å². The standard InChI is InChI=1S/C19H29N3O2/c1-19(2,3)18(24)21-12-15-5-4-10-22(13-15)17(23)16-8-6-14(11-20)7-9-16/h6-9,15H,4-5,10-13,20H2,1-3H3,(H,21,24). The van der Waals surface area contributed by atoms with Crippen LogP contribution in [0.15, 0.2) is 24.3 Å². The summed E-state index contributed by atoms with van der Waals surface area (Å²) in [6.45, 7) is 8.31. The van der Waals surface area contributed by atoms with Gasteiger partial charge in [-0.3, -0.25) is 9.59 Å². The molecule has 0 saturated carbocycles. The van der Waals surface area contributed by atoms with Gasteiger partial charge in [-0.15, -0.1) is 0 Å². The van der Waals surface area contributed by atoms with E-state index in [9.17, 15) is 9.59 Å². The van der Waals surface area contributed by atoms with E-state index in [0.29, 0.717) is 31.1 Å².